The minimum absolute atomic E-state index is 0.0340. The van der Waals surface area contributed by atoms with Crippen molar-refractivity contribution < 1.29 is 19.2 Å². The summed E-state index contributed by atoms with van der Waals surface area (Å²) in [6.45, 7) is 13.0. The monoisotopic (exact) mass is 504 g/mol. The standard InChI is InChI=1S/C25H24N4O4.2C2H6/c1-14(2)32-22-9-6-15(10-16(22)11-26)24-27-23(28-33-24)20-5-3-4-19-18(20)7-8-21(19)29-12-17(13-29)25(30)31;2*1-2/h3-6,9-10,14,17,21H,7-8,12-13H2,1-2H3,(H,30,31);2*1-2H3. The summed E-state index contributed by atoms with van der Waals surface area (Å²) in [6.07, 6.45) is 1.80. The van der Waals surface area contributed by atoms with Gasteiger partial charge in [-0.15, -0.1) is 0 Å². The highest BCUT2D eigenvalue weighted by atomic mass is 16.5. The smallest absolute Gasteiger partial charge is 0.309 e. The van der Waals surface area contributed by atoms with Crippen LogP contribution >= 0.6 is 0 Å². The van der Waals surface area contributed by atoms with E-state index in [-0.39, 0.29) is 18.1 Å². The van der Waals surface area contributed by atoms with Crippen molar-refractivity contribution in [2.75, 3.05) is 13.1 Å². The number of likely N-dealkylation sites (tertiary alicyclic amines) is 1. The van der Waals surface area contributed by atoms with Crippen LogP contribution in [0, 0.1) is 17.2 Å². The molecule has 1 unspecified atom stereocenters. The highest BCUT2D eigenvalue weighted by molar-refractivity contribution is 5.72. The Morgan fingerprint density at radius 1 is 1.19 bits per heavy atom. The molecule has 1 aliphatic carbocycles. The SMILES string of the molecule is CC.CC.CC(C)Oc1ccc(-c2nc(-c3cccc4c3CCC4N3CC(C(=O)O)C3)no2)cc1C#N. The zero-order valence-electron chi connectivity index (χ0n) is 22.5. The lowest BCUT2D eigenvalue weighted by Crippen LogP contribution is -2.51. The predicted octanol–water partition coefficient (Wildman–Crippen LogP) is 6.12. The van der Waals surface area contributed by atoms with E-state index in [9.17, 15) is 15.2 Å². The zero-order chi connectivity index (χ0) is 27.1. The lowest BCUT2D eigenvalue weighted by atomic mass is 9.94. The average molecular weight is 505 g/mol. The highest BCUT2D eigenvalue weighted by Crippen LogP contribution is 2.42. The fourth-order valence-electron chi connectivity index (χ4n) is 4.70. The molecule has 2 aromatic carbocycles. The Morgan fingerprint density at radius 3 is 2.57 bits per heavy atom. The van der Waals surface area contributed by atoms with Crippen LogP contribution in [0.3, 0.4) is 0 Å². The summed E-state index contributed by atoms with van der Waals surface area (Å²) in [4.78, 5) is 18.0. The van der Waals surface area contributed by atoms with Gasteiger partial charge >= 0.3 is 5.97 Å². The van der Waals surface area contributed by atoms with Gasteiger partial charge in [0.2, 0.25) is 5.82 Å². The van der Waals surface area contributed by atoms with E-state index in [1.54, 1.807) is 12.1 Å². The van der Waals surface area contributed by atoms with Crippen molar-refractivity contribution in [3.63, 3.8) is 0 Å². The predicted molar refractivity (Wildman–Crippen MR) is 142 cm³/mol. The number of carboxylic acids is 1. The van der Waals surface area contributed by atoms with Gasteiger partial charge in [0.25, 0.3) is 5.89 Å². The fourth-order valence-corrected chi connectivity index (χ4v) is 4.70. The molecule has 3 aromatic rings. The third-order valence-corrected chi connectivity index (χ3v) is 6.32. The number of aromatic nitrogens is 2. The van der Waals surface area contributed by atoms with Crippen molar-refractivity contribution in [2.45, 2.75) is 66.5 Å². The van der Waals surface area contributed by atoms with Crippen molar-refractivity contribution in [3.8, 4) is 34.7 Å². The van der Waals surface area contributed by atoms with Crippen LogP contribution in [0.15, 0.2) is 40.9 Å². The van der Waals surface area contributed by atoms with Gasteiger partial charge in [-0.2, -0.15) is 10.2 Å². The maximum Gasteiger partial charge on any atom is 0.309 e. The molecule has 0 amide bonds. The average Bonchev–Trinajstić information content (AvgIpc) is 3.53. The quantitative estimate of drug-likeness (QED) is 0.427. The first kappa shape index (κ1) is 27.9. The molecule has 2 aliphatic rings. The Morgan fingerprint density at radius 2 is 1.92 bits per heavy atom. The van der Waals surface area contributed by atoms with Crippen molar-refractivity contribution in [3.05, 3.63) is 53.1 Å². The Labute approximate surface area is 218 Å². The first-order chi connectivity index (χ1) is 17.9. The molecule has 2 heterocycles. The number of nitrogens with zero attached hydrogens (tertiary/aromatic N) is 4. The van der Waals surface area contributed by atoms with Gasteiger partial charge in [0.1, 0.15) is 11.8 Å². The van der Waals surface area contributed by atoms with Crippen LogP contribution in [0.4, 0.5) is 0 Å². The van der Waals surface area contributed by atoms with Crippen LogP contribution in [0.2, 0.25) is 0 Å². The van der Waals surface area contributed by atoms with Gasteiger partial charge in [0.05, 0.1) is 17.6 Å². The topological polar surface area (TPSA) is 112 Å². The summed E-state index contributed by atoms with van der Waals surface area (Å²) in [5, 5.41) is 22.9. The Balaban J connectivity index is 0.000000907. The van der Waals surface area contributed by atoms with E-state index >= 15 is 0 Å². The molecule has 1 aromatic heterocycles. The van der Waals surface area contributed by atoms with E-state index in [1.807, 2.05) is 59.7 Å². The third-order valence-electron chi connectivity index (χ3n) is 6.32. The van der Waals surface area contributed by atoms with Gasteiger partial charge < -0.3 is 14.4 Å². The summed E-state index contributed by atoms with van der Waals surface area (Å²) in [5.74, 6) is 0.389. The van der Waals surface area contributed by atoms with E-state index in [0.717, 1.165) is 18.4 Å². The van der Waals surface area contributed by atoms with Crippen LogP contribution in [-0.2, 0) is 11.2 Å². The van der Waals surface area contributed by atoms with E-state index in [2.05, 4.69) is 27.2 Å². The maximum absolute atomic E-state index is 11.2. The fraction of sp³-hybridized carbons (Fsp3) is 0.448. The van der Waals surface area contributed by atoms with E-state index < -0.39 is 5.97 Å². The second-order valence-corrected chi connectivity index (χ2v) is 8.83. The van der Waals surface area contributed by atoms with Crippen molar-refractivity contribution in [1.82, 2.24) is 15.0 Å². The molecule has 8 nitrogen and oxygen atoms in total. The second kappa shape index (κ2) is 12.5. The minimum atomic E-state index is -0.721. The molecule has 1 N–H and O–H groups in total. The van der Waals surface area contributed by atoms with Crippen LogP contribution < -0.4 is 4.74 Å². The van der Waals surface area contributed by atoms with Gasteiger partial charge in [-0.05, 0) is 56.0 Å². The van der Waals surface area contributed by atoms with Crippen molar-refractivity contribution >= 4 is 5.97 Å². The number of hydrogen-bond acceptors (Lipinski definition) is 7. The molecule has 1 aliphatic heterocycles. The number of hydrogen-bond donors (Lipinski definition) is 1. The van der Waals surface area contributed by atoms with Gasteiger partial charge in [-0.25, -0.2) is 0 Å². The summed E-state index contributed by atoms with van der Waals surface area (Å²) in [7, 11) is 0. The summed E-state index contributed by atoms with van der Waals surface area (Å²) < 4.78 is 11.2. The lowest BCUT2D eigenvalue weighted by molar-refractivity contribution is -0.148. The van der Waals surface area contributed by atoms with Crippen LogP contribution in [0.1, 0.15) is 70.7 Å². The Hall–Kier alpha value is -3.70. The Bertz CT molecular complexity index is 1260. The molecule has 0 bridgehead atoms. The first-order valence-corrected chi connectivity index (χ1v) is 13.1. The molecule has 8 heteroatoms. The number of carboxylic acid groups (broad SMARTS) is 1. The van der Waals surface area contributed by atoms with Crippen molar-refractivity contribution in [1.29, 1.82) is 5.26 Å². The number of aliphatic carboxylic acids is 1. The molecule has 1 saturated heterocycles. The van der Waals surface area contributed by atoms with Gasteiger partial charge in [-0.1, -0.05) is 51.1 Å². The lowest BCUT2D eigenvalue weighted by Gasteiger charge is -2.41. The number of carbonyl (C=O) groups is 1. The van der Waals surface area contributed by atoms with Crippen LogP contribution in [-0.4, -0.2) is 45.3 Å². The zero-order valence-corrected chi connectivity index (χ0v) is 22.5. The number of nitriles is 1. The van der Waals surface area contributed by atoms with Gasteiger partial charge in [0, 0.05) is 30.3 Å². The number of rotatable bonds is 6. The first-order valence-electron chi connectivity index (χ1n) is 13.1. The summed E-state index contributed by atoms with van der Waals surface area (Å²) >= 11 is 0. The molecule has 0 saturated carbocycles. The number of benzene rings is 2. The maximum atomic E-state index is 11.2. The molecule has 196 valence electrons. The second-order valence-electron chi connectivity index (χ2n) is 8.83. The Kier molecular flexibility index (Phi) is 9.42. The molecular weight excluding hydrogens is 468 g/mol. The molecule has 1 fully saturated rings. The highest BCUT2D eigenvalue weighted by Gasteiger charge is 2.40. The van der Waals surface area contributed by atoms with Gasteiger partial charge in [0.15, 0.2) is 0 Å². The third kappa shape index (κ3) is 5.83. The normalized spacial score (nSPS) is 16.4. The van der Waals surface area contributed by atoms with E-state index in [0.29, 0.717) is 41.7 Å². The molecule has 1 atom stereocenters. The number of fused-ring (bicyclic) bond motifs is 1. The van der Waals surface area contributed by atoms with Crippen molar-refractivity contribution in [2.24, 2.45) is 5.92 Å². The minimum Gasteiger partial charge on any atom is -0.490 e. The van der Waals surface area contributed by atoms with Gasteiger partial charge in [-0.3, -0.25) is 9.69 Å². The van der Waals surface area contributed by atoms with Crippen LogP contribution in [0.25, 0.3) is 22.8 Å². The van der Waals surface area contributed by atoms with Crippen LogP contribution in [0.5, 0.6) is 5.75 Å². The summed E-state index contributed by atoms with van der Waals surface area (Å²) in [6, 6.07) is 13.7. The molecule has 37 heavy (non-hydrogen) atoms. The molecule has 5 rings (SSSR count). The molecule has 0 spiro atoms. The van der Waals surface area contributed by atoms with E-state index in [4.69, 9.17) is 9.26 Å². The molecule has 0 radical (unpaired) electrons. The largest absolute Gasteiger partial charge is 0.490 e. The number of ether oxygens (including phenoxy) is 1. The molecular formula is C29H36N4O4. The summed E-state index contributed by atoms with van der Waals surface area (Å²) in [5.41, 5.74) is 4.41. The van der Waals surface area contributed by atoms with E-state index in [1.165, 1.54) is 11.1 Å².